The van der Waals surface area contributed by atoms with Gasteiger partial charge in [-0.25, -0.2) is 0 Å². The first-order chi connectivity index (χ1) is 8.95. The van der Waals surface area contributed by atoms with Crippen molar-refractivity contribution in [2.75, 3.05) is 13.1 Å². The third-order valence-corrected chi connectivity index (χ3v) is 2.69. The van der Waals surface area contributed by atoms with Crippen LogP contribution in [0.4, 0.5) is 0 Å². The molecule has 0 radical (unpaired) electrons. The molecular weight excluding hydrogens is 234 g/mol. The van der Waals surface area contributed by atoms with Gasteiger partial charge in [-0.15, -0.1) is 13.1 Å². The molecule has 20 heavy (non-hydrogen) atoms. The molecule has 0 aliphatic carbocycles. The number of hydrogen-bond acceptors (Lipinski definition) is 0. The molecule has 4 heteroatoms. The average Bonchev–Trinajstić information content (AvgIpc) is 2.45. The molecule has 0 spiro atoms. The molecule has 2 nitrogen and oxygen atoms in total. The minimum Gasteiger partial charge on any atom is -0.660 e. The van der Waals surface area contributed by atoms with Crippen molar-refractivity contribution in [3.8, 4) is 0 Å². The zero-order chi connectivity index (χ0) is 12.5. The first-order valence-electron chi connectivity index (χ1n) is 6.29. The van der Waals surface area contributed by atoms with E-state index in [4.69, 9.17) is 0 Å². The Hall–Kier alpha value is -0.445. The summed E-state index contributed by atoms with van der Waals surface area (Å²) in [5, 5.41) is 8.96. The second kappa shape index (κ2) is 12.3. The van der Waals surface area contributed by atoms with Crippen LogP contribution in [0.15, 0.2) is 60.7 Å². The van der Waals surface area contributed by atoms with Crippen LogP contribution in [0.5, 0.6) is 0 Å². The van der Waals surface area contributed by atoms with Gasteiger partial charge in [0.2, 0.25) is 0 Å². The zero-order valence-corrected chi connectivity index (χ0v) is 12.5. The van der Waals surface area contributed by atoms with Crippen LogP contribution < -0.4 is 37.7 Å². The molecule has 0 aliphatic heterocycles. The van der Waals surface area contributed by atoms with E-state index < -0.39 is 0 Å². The van der Waals surface area contributed by atoms with E-state index in [0.29, 0.717) is 0 Å². The van der Waals surface area contributed by atoms with Crippen molar-refractivity contribution >= 4 is 0 Å². The van der Waals surface area contributed by atoms with E-state index in [1.54, 1.807) is 0 Å². The maximum absolute atomic E-state index is 4.48. The van der Waals surface area contributed by atoms with Gasteiger partial charge in [0.05, 0.1) is 0 Å². The van der Waals surface area contributed by atoms with Crippen molar-refractivity contribution in [2.24, 2.45) is 0 Å². The Labute approximate surface area is 146 Å². The van der Waals surface area contributed by atoms with Crippen molar-refractivity contribution in [3.05, 3.63) is 82.4 Å². The second-order valence-electron chi connectivity index (χ2n) is 4.18. The predicted molar refractivity (Wildman–Crippen MR) is 76.7 cm³/mol. The van der Waals surface area contributed by atoms with Gasteiger partial charge < -0.3 is 10.6 Å². The molecule has 0 heterocycles. The van der Waals surface area contributed by atoms with Crippen LogP contribution in [-0.4, -0.2) is 13.1 Å². The van der Waals surface area contributed by atoms with Crippen LogP contribution in [-0.2, 0) is 13.1 Å². The first-order valence-corrected chi connectivity index (χ1v) is 6.29. The van der Waals surface area contributed by atoms with Crippen molar-refractivity contribution < 1.29 is 37.7 Å². The largest absolute Gasteiger partial charge is 1.00 e. The van der Waals surface area contributed by atoms with Gasteiger partial charge >= 0.3 is 37.7 Å². The Balaban J connectivity index is 0.00000180. The minimum atomic E-state index is 0. The first kappa shape index (κ1) is 19.6. The van der Waals surface area contributed by atoms with Crippen LogP contribution in [0.2, 0.25) is 0 Å². The van der Waals surface area contributed by atoms with E-state index in [1.807, 2.05) is 36.4 Å². The average molecular weight is 252 g/mol. The van der Waals surface area contributed by atoms with Crippen LogP contribution in [0.1, 0.15) is 11.1 Å². The van der Waals surface area contributed by atoms with Gasteiger partial charge in [0, 0.05) is 0 Å². The second-order valence-corrected chi connectivity index (χ2v) is 4.18. The summed E-state index contributed by atoms with van der Waals surface area (Å²) in [4.78, 5) is 0. The smallest absolute Gasteiger partial charge is 0.660 e. The standard InChI is InChI=1S/C16H18N2.2Li/c1-3-7-15(8-4-1)13-17-11-12-18-14-16-9-5-2-6-10-16;;/h1-10H,11-14H2;;/q-2;2*+1. The summed E-state index contributed by atoms with van der Waals surface area (Å²) in [7, 11) is 0. The van der Waals surface area contributed by atoms with Crippen molar-refractivity contribution in [3.63, 3.8) is 0 Å². The zero-order valence-electron chi connectivity index (χ0n) is 12.5. The Kier molecular flexibility index (Phi) is 12.0. The Bertz CT molecular complexity index is 391. The number of rotatable bonds is 7. The fourth-order valence-electron chi connectivity index (χ4n) is 1.72. The van der Waals surface area contributed by atoms with E-state index >= 15 is 0 Å². The normalized spacial score (nSPS) is 9.40. The summed E-state index contributed by atoms with van der Waals surface area (Å²) < 4.78 is 0. The number of benzene rings is 2. The maximum Gasteiger partial charge on any atom is 1.00 e. The molecule has 0 fully saturated rings. The topological polar surface area (TPSA) is 28.2 Å². The third kappa shape index (κ3) is 7.98. The van der Waals surface area contributed by atoms with E-state index in [9.17, 15) is 0 Å². The summed E-state index contributed by atoms with van der Waals surface area (Å²) in [6.07, 6.45) is 0. The molecule has 0 aromatic heterocycles. The van der Waals surface area contributed by atoms with Gasteiger partial charge in [0.1, 0.15) is 0 Å². The van der Waals surface area contributed by atoms with Crippen molar-refractivity contribution in [1.29, 1.82) is 0 Å². The summed E-state index contributed by atoms with van der Waals surface area (Å²) in [6.45, 7) is 3.20. The van der Waals surface area contributed by atoms with Crippen LogP contribution in [0.25, 0.3) is 10.6 Å². The Morgan fingerprint density at radius 1 is 0.550 bits per heavy atom. The van der Waals surface area contributed by atoms with Crippen LogP contribution in [0.3, 0.4) is 0 Å². The molecule has 0 atom stereocenters. The van der Waals surface area contributed by atoms with E-state index in [0.717, 1.165) is 26.2 Å². The van der Waals surface area contributed by atoms with E-state index in [-0.39, 0.29) is 37.7 Å². The van der Waals surface area contributed by atoms with Crippen molar-refractivity contribution in [1.82, 2.24) is 0 Å². The van der Waals surface area contributed by atoms with Crippen molar-refractivity contribution in [2.45, 2.75) is 13.1 Å². The third-order valence-electron chi connectivity index (χ3n) is 2.69. The molecule has 0 bridgehead atoms. The molecule has 94 valence electrons. The summed E-state index contributed by atoms with van der Waals surface area (Å²) in [5.74, 6) is 0. The van der Waals surface area contributed by atoms with Gasteiger partial charge in [0.25, 0.3) is 0 Å². The molecule has 0 amide bonds. The fourth-order valence-corrected chi connectivity index (χ4v) is 1.72. The number of hydrogen-bond donors (Lipinski definition) is 0. The summed E-state index contributed by atoms with van der Waals surface area (Å²) in [6, 6.07) is 20.6. The molecule has 0 N–H and O–H groups in total. The molecule has 0 aliphatic rings. The SMILES string of the molecule is [Li+].[Li+].c1ccc(C[N-]CC[N-]Cc2ccccc2)cc1. The molecule has 0 saturated carbocycles. The molecule has 2 rings (SSSR count). The predicted octanol–water partition coefficient (Wildman–Crippen LogP) is -1.86. The fraction of sp³-hybridized carbons (Fsp3) is 0.250. The van der Waals surface area contributed by atoms with Gasteiger partial charge in [-0.1, -0.05) is 71.8 Å². The minimum absolute atomic E-state index is 0. The van der Waals surface area contributed by atoms with Gasteiger partial charge in [-0.05, 0) is 0 Å². The Morgan fingerprint density at radius 3 is 1.25 bits per heavy atom. The van der Waals surface area contributed by atoms with Crippen LogP contribution >= 0.6 is 0 Å². The summed E-state index contributed by atoms with van der Waals surface area (Å²) in [5.41, 5.74) is 2.53. The molecule has 0 saturated heterocycles. The molecular formula is C16H18Li2N2. The molecule has 2 aromatic rings. The maximum atomic E-state index is 4.48. The monoisotopic (exact) mass is 252 g/mol. The van der Waals surface area contributed by atoms with E-state index in [2.05, 4.69) is 34.9 Å². The van der Waals surface area contributed by atoms with Crippen LogP contribution in [0, 0.1) is 0 Å². The molecule has 2 aromatic carbocycles. The Morgan fingerprint density at radius 2 is 0.900 bits per heavy atom. The van der Waals surface area contributed by atoms with E-state index in [1.165, 1.54) is 11.1 Å². The molecule has 0 unspecified atom stereocenters. The van der Waals surface area contributed by atoms with Gasteiger partial charge in [0.15, 0.2) is 0 Å². The summed E-state index contributed by atoms with van der Waals surface area (Å²) >= 11 is 0. The van der Waals surface area contributed by atoms with Gasteiger partial charge in [-0.2, -0.15) is 13.1 Å². The van der Waals surface area contributed by atoms with Gasteiger partial charge in [-0.3, -0.25) is 0 Å². The quantitative estimate of drug-likeness (QED) is 0.408. The number of nitrogens with zero attached hydrogens (tertiary/aromatic N) is 2.